The maximum absolute atomic E-state index is 11.8. The highest BCUT2D eigenvalue weighted by Gasteiger charge is 2.32. The third-order valence-electron chi connectivity index (χ3n) is 4.57. The number of aromatic nitrogens is 3. The van der Waals surface area contributed by atoms with Crippen molar-refractivity contribution in [1.29, 1.82) is 0 Å². The van der Waals surface area contributed by atoms with Gasteiger partial charge in [-0.1, -0.05) is 30.3 Å². The molecule has 2 aromatic rings. The van der Waals surface area contributed by atoms with Gasteiger partial charge < -0.3 is 0 Å². The van der Waals surface area contributed by atoms with E-state index in [4.69, 9.17) is 4.98 Å². The van der Waals surface area contributed by atoms with Gasteiger partial charge in [0.2, 0.25) is 0 Å². The minimum atomic E-state index is -2.94. The number of hydrogen-bond acceptors (Lipinski definition) is 5. The van der Waals surface area contributed by atoms with Gasteiger partial charge in [-0.15, -0.1) is 0 Å². The van der Waals surface area contributed by atoms with E-state index in [2.05, 4.69) is 5.10 Å². The summed E-state index contributed by atoms with van der Waals surface area (Å²) in [6.45, 7) is 0. The summed E-state index contributed by atoms with van der Waals surface area (Å²) in [5, 5.41) is 4.67. The molecule has 0 amide bonds. The molecule has 5 nitrogen and oxygen atoms in total. The van der Waals surface area contributed by atoms with Gasteiger partial charge in [0, 0.05) is 5.56 Å². The Bertz CT molecular complexity index is 814. The predicted molar refractivity (Wildman–Crippen MR) is 96.7 cm³/mol. The normalized spacial score (nSPS) is 22.8. The Labute approximate surface area is 146 Å². The van der Waals surface area contributed by atoms with Crippen LogP contribution in [-0.2, 0) is 15.6 Å². The van der Waals surface area contributed by atoms with Crippen molar-refractivity contribution >= 4 is 21.6 Å². The third-order valence-corrected chi connectivity index (χ3v) is 7.49. The van der Waals surface area contributed by atoms with Crippen molar-refractivity contribution in [2.75, 3.05) is 17.3 Å². The van der Waals surface area contributed by atoms with Crippen LogP contribution in [0.25, 0.3) is 11.4 Å². The van der Waals surface area contributed by atoms with Crippen LogP contribution in [0.5, 0.6) is 0 Å². The minimum Gasteiger partial charge on any atom is -0.244 e. The molecule has 0 radical (unpaired) electrons. The topological polar surface area (TPSA) is 64.8 Å². The molecule has 2 aliphatic rings. The molecule has 1 aromatic carbocycles. The Morgan fingerprint density at radius 3 is 2.62 bits per heavy atom. The van der Waals surface area contributed by atoms with Crippen molar-refractivity contribution in [3.05, 3.63) is 36.2 Å². The molecule has 0 N–H and O–H groups in total. The van der Waals surface area contributed by atoms with Crippen molar-refractivity contribution in [3.63, 3.8) is 0 Å². The number of sulfone groups is 1. The van der Waals surface area contributed by atoms with Crippen LogP contribution in [0.15, 0.2) is 30.3 Å². The number of rotatable bonds is 6. The van der Waals surface area contributed by atoms with Gasteiger partial charge in [0.15, 0.2) is 15.7 Å². The smallest absolute Gasteiger partial charge is 0.181 e. The second-order valence-electron chi connectivity index (χ2n) is 6.68. The quantitative estimate of drug-likeness (QED) is 0.789. The average molecular weight is 364 g/mol. The third kappa shape index (κ3) is 3.67. The molecular weight excluding hydrogens is 342 g/mol. The van der Waals surface area contributed by atoms with Crippen molar-refractivity contribution in [2.24, 2.45) is 5.92 Å². The molecule has 1 aliphatic heterocycles. The summed E-state index contributed by atoms with van der Waals surface area (Å²) in [6.07, 6.45) is 3.33. The average Bonchev–Trinajstić information content (AvgIpc) is 3.18. The molecule has 128 valence electrons. The molecule has 1 aromatic heterocycles. The molecular formula is C17H21N3O2S2. The monoisotopic (exact) mass is 363 g/mol. The second-order valence-corrected chi connectivity index (χ2v) is 9.94. The molecule has 1 aliphatic carbocycles. The van der Waals surface area contributed by atoms with Crippen LogP contribution in [0.1, 0.15) is 31.1 Å². The Kier molecular flexibility index (Phi) is 4.39. The van der Waals surface area contributed by atoms with Crippen LogP contribution in [0.4, 0.5) is 0 Å². The van der Waals surface area contributed by atoms with Gasteiger partial charge in [-0.2, -0.15) is 16.9 Å². The molecule has 4 rings (SSSR count). The van der Waals surface area contributed by atoms with Crippen LogP contribution in [0.2, 0.25) is 0 Å². The largest absolute Gasteiger partial charge is 0.244 e. The number of hydrogen-bond donors (Lipinski definition) is 0. The van der Waals surface area contributed by atoms with Crippen LogP contribution < -0.4 is 0 Å². The summed E-state index contributed by atoms with van der Waals surface area (Å²) in [4.78, 5) is 4.73. The fraction of sp³-hybridized carbons (Fsp3) is 0.529. The van der Waals surface area contributed by atoms with Crippen LogP contribution >= 0.6 is 11.8 Å². The Hall–Kier alpha value is -1.34. The molecule has 0 unspecified atom stereocenters. The first-order valence-electron chi connectivity index (χ1n) is 8.40. The molecule has 0 spiro atoms. The molecule has 2 fully saturated rings. The fourth-order valence-electron chi connectivity index (χ4n) is 3.03. The lowest BCUT2D eigenvalue weighted by Crippen LogP contribution is -2.15. The number of benzene rings is 1. The van der Waals surface area contributed by atoms with E-state index in [1.807, 2.05) is 46.8 Å². The zero-order chi connectivity index (χ0) is 16.6. The van der Waals surface area contributed by atoms with Crippen molar-refractivity contribution in [2.45, 2.75) is 31.1 Å². The van der Waals surface area contributed by atoms with Gasteiger partial charge in [-0.3, -0.25) is 0 Å². The van der Waals surface area contributed by atoms with Crippen LogP contribution in [0.3, 0.4) is 0 Å². The molecule has 7 heteroatoms. The number of nitrogens with zero attached hydrogens (tertiary/aromatic N) is 3. The summed E-state index contributed by atoms with van der Waals surface area (Å²) in [5.74, 6) is 4.87. The second kappa shape index (κ2) is 6.52. The molecule has 1 saturated carbocycles. The highest BCUT2D eigenvalue weighted by molar-refractivity contribution is 7.98. The van der Waals surface area contributed by atoms with Gasteiger partial charge in [-0.05, 0) is 30.9 Å². The van der Waals surface area contributed by atoms with Gasteiger partial charge in [0.05, 0.1) is 23.3 Å². The Morgan fingerprint density at radius 1 is 1.17 bits per heavy atom. The van der Waals surface area contributed by atoms with E-state index in [1.54, 1.807) is 0 Å². The molecule has 2 heterocycles. The summed E-state index contributed by atoms with van der Waals surface area (Å²) in [7, 11) is -2.94. The SMILES string of the molecule is O=S1(=O)CC[C@H](n2nc(-c3ccccc3)nc2CSCC2CC2)C1. The van der Waals surface area contributed by atoms with E-state index < -0.39 is 9.84 Å². The maximum Gasteiger partial charge on any atom is 0.181 e. The lowest BCUT2D eigenvalue weighted by Gasteiger charge is -2.11. The maximum atomic E-state index is 11.8. The van der Waals surface area contributed by atoms with Crippen molar-refractivity contribution in [3.8, 4) is 11.4 Å². The van der Waals surface area contributed by atoms with E-state index in [0.717, 1.165) is 28.8 Å². The summed E-state index contributed by atoms with van der Waals surface area (Å²) in [6, 6.07) is 9.82. The van der Waals surface area contributed by atoms with Gasteiger partial charge in [-0.25, -0.2) is 18.1 Å². The molecule has 1 saturated heterocycles. The summed E-state index contributed by atoms with van der Waals surface area (Å²) >= 11 is 1.89. The van der Waals surface area contributed by atoms with Crippen molar-refractivity contribution in [1.82, 2.24) is 14.8 Å². The van der Waals surface area contributed by atoms with Crippen LogP contribution in [-0.4, -0.2) is 40.4 Å². The van der Waals surface area contributed by atoms with Crippen LogP contribution in [0, 0.1) is 5.92 Å². The van der Waals surface area contributed by atoms with E-state index in [0.29, 0.717) is 12.2 Å². The molecule has 0 bridgehead atoms. The summed E-state index contributed by atoms with van der Waals surface area (Å²) in [5.41, 5.74) is 0.977. The minimum absolute atomic E-state index is 0.0727. The Balaban J connectivity index is 1.60. The molecule has 1 atom stereocenters. The lowest BCUT2D eigenvalue weighted by atomic mass is 10.2. The zero-order valence-electron chi connectivity index (χ0n) is 13.5. The Morgan fingerprint density at radius 2 is 1.96 bits per heavy atom. The van der Waals surface area contributed by atoms with E-state index in [9.17, 15) is 8.42 Å². The first-order valence-corrected chi connectivity index (χ1v) is 11.4. The number of thioether (sulfide) groups is 1. The molecule has 24 heavy (non-hydrogen) atoms. The first-order chi connectivity index (χ1) is 11.6. The van der Waals surface area contributed by atoms with E-state index >= 15 is 0 Å². The van der Waals surface area contributed by atoms with Gasteiger partial charge in [0.1, 0.15) is 5.82 Å². The first kappa shape index (κ1) is 16.1. The van der Waals surface area contributed by atoms with Gasteiger partial charge >= 0.3 is 0 Å². The predicted octanol–water partition coefficient (Wildman–Crippen LogP) is 2.95. The summed E-state index contributed by atoms with van der Waals surface area (Å²) < 4.78 is 25.6. The standard InChI is InChI=1S/C17H21N3O2S2/c21-24(22)9-8-15(12-24)20-16(11-23-10-13-6-7-13)18-17(19-20)14-4-2-1-3-5-14/h1-5,13,15H,6-12H2/t15-/m0/s1. The van der Waals surface area contributed by atoms with E-state index in [1.165, 1.54) is 12.8 Å². The van der Waals surface area contributed by atoms with Gasteiger partial charge in [0.25, 0.3) is 0 Å². The highest BCUT2D eigenvalue weighted by Crippen LogP contribution is 2.34. The zero-order valence-corrected chi connectivity index (χ0v) is 15.1. The van der Waals surface area contributed by atoms with Crippen molar-refractivity contribution < 1.29 is 8.42 Å². The fourth-order valence-corrected chi connectivity index (χ4v) is 5.88. The van der Waals surface area contributed by atoms with E-state index in [-0.39, 0.29) is 17.5 Å². The lowest BCUT2D eigenvalue weighted by molar-refractivity contribution is 0.485. The highest BCUT2D eigenvalue weighted by atomic mass is 32.2.